The predicted octanol–water partition coefficient (Wildman–Crippen LogP) is 1.51. The highest BCUT2D eigenvalue weighted by molar-refractivity contribution is 5.38. The molecule has 2 rings (SSSR count). The van der Waals surface area contributed by atoms with Gasteiger partial charge in [-0.15, -0.1) is 0 Å². The van der Waals surface area contributed by atoms with Gasteiger partial charge in [0, 0.05) is 32.4 Å². The molecular formula is C13H18N4. The van der Waals surface area contributed by atoms with Gasteiger partial charge in [-0.3, -0.25) is 4.90 Å². The van der Waals surface area contributed by atoms with Crippen molar-refractivity contribution in [2.75, 3.05) is 31.1 Å². The van der Waals surface area contributed by atoms with Crippen molar-refractivity contribution < 1.29 is 0 Å². The Bertz CT molecular complexity index is 399. The molecule has 0 spiro atoms. The molecule has 90 valence electrons. The second-order valence-electron chi connectivity index (χ2n) is 4.83. The number of hydrogen-bond acceptors (Lipinski definition) is 4. The molecule has 17 heavy (non-hydrogen) atoms. The molecule has 0 aromatic carbocycles. The molecule has 1 aromatic rings. The average Bonchev–Trinajstić information content (AvgIpc) is 2.40. The van der Waals surface area contributed by atoms with Crippen LogP contribution in [0.15, 0.2) is 24.4 Å². The Morgan fingerprint density at radius 3 is 2.47 bits per heavy atom. The SMILES string of the molecule is CC(C)(C#N)N1CCN(c2ccccn2)CC1. The minimum Gasteiger partial charge on any atom is -0.354 e. The van der Waals surface area contributed by atoms with Gasteiger partial charge < -0.3 is 4.90 Å². The Kier molecular flexibility index (Phi) is 3.30. The Labute approximate surface area is 102 Å². The molecule has 1 aromatic heterocycles. The number of pyridine rings is 1. The number of nitrogens with zero attached hydrogens (tertiary/aromatic N) is 4. The van der Waals surface area contributed by atoms with Crippen LogP contribution < -0.4 is 4.90 Å². The summed E-state index contributed by atoms with van der Waals surface area (Å²) < 4.78 is 0. The molecular weight excluding hydrogens is 212 g/mol. The summed E-state index contributed by atoms with van der Waals surface area (Å²) in [6.07, 6.45) is 1.82. The van der Waals surface area contributed by atoms with Crippen molar-refractivity contribution in [3.8, 4) is 6.07 Å². The molecule has 1 aliphatic rings. The summed E-state index contributed by atoms with van der Waals surface area (Å²) in [7, 11) is 0. The monoisotopic (exact) mass is 230 g/mol. The zero-order valence-electron chi connectivity index (χ0n) is 10.4. The van der Waals surface area contributed by atoms with Crippen molar-refractivity contribution in [3.05, 3.63) is 24.4 Å². The highest BCUT2D eigenvalue weighted by Gasteiger charge is 2.29. The van der Waals surface area contributed by atoms with Crippen LogP contribution in [0.5, 0.6) is 0 Å². The molecule has 4 heteroatoms. The first-order valence-corrected chi connectivity index (χ1v) is 5.96. The van der Waals surface area contributed by atoms with E-state index in [1.165, 1.54) is 0 Å². The van der Waals surface area contributed by atoms with Crippen LogP contribution in [0.1, 0.15) is 13.8 Å². The van der Waals surface area contributed by atoms with Gasteiger partial charge in [0.15, 0.2) is 0 Å². The van der Waals surface area contributed by atoms with Crippen LogP contribution in [0.3, 0.4) is 0 Å². The van der Waals surface area contributed by atoms with Gasteiger partial charge in [0.05, 0.1) is 6.07 Å². The van der Waals surface area contributed by atoms with Gasteiger partial charge in [0.1, 0.15) is 11.4 Å². The van der Waals surface area contributed by atoms with Crippen molar-refractivity contribution in [2.24, 2.45) is 0 Å². The fourth-order valence-corrected chi connectivity index (χ4v) is 2.11. The van der Waals surface area contributed by atoms with E-state index in [4.69, 9.17) is 5.26 Å². The largest absolute Gasteiger partial charge is 0.354 e. The molecule has 0 bridgehead atoms. The van der Waals surface area contributed by atoms with Crippen LogP contribution in [0.4, 0.5) is 5.82 Å². The van der Waals surface area contributed by atoms with E-state index in [1.807, 2.05) is 38.2 Å². The summed E-state index contributed by atoms with van der Waals surface area (Å²) in [5.74, 6) is 1.03. The smallest absolute Gasteiger partial charge is 0.128 e. The second-order valence-corrected chi connectivity index (χ2v) is 4.83. The van der Waals surface area contributed by atoms with Crippen LogP contribution in [-0.4, -0.2) is 41.6 Å². The Morgan fingerprint density at radius 1 is 1.24 bits per heavy atom. The van der Waals surface area contributed by atoms with Crippen LogP contribution in [-0.2, 0) is 0 Å². The lowest BCUT2D eigenvalue weighted by molar-refractivity contribution is 0.158. The molecule has 4 nitrogen and oxygen atoms in total. The van der Waals surface area contributed by atoms with E-state index in [1.54, 1.807) is 0 Å². The van der Waals surface area contributed by atoms with Crippen LogP contribution >= 0.6 is 0 Å². The van der Waals surface area contributed by atoms with Gasteiger partial charge in [-0.2, -0.15) is 5.26 Å². The lowest BCUT2D eigenvalue weighted by atomic mass is 10.0. The first-order valence-electron chi connectivity index (χ1n) is 5.96. The number of aromatic nitrogens is 1. The third-order valence-corrected chi connectivity index (χ3v) is 3.32. The van der Waals surface area contributed by atoms with E-state index < -0.39 is 0 Å². The third-order valence-electron chi connectivity index (χ3n) is 3.32. The van der Waals surface area contributed by atoms with Gasteiger partial charge in [-0.1, -0.05) is 6.07 Å². The summed E-state index contributed by atoms with van der Waals surface area (Å²) in [4.78, 5) is 8.85. The fourth-order valence-electron chi connectivity index (χ4n) is 2.11. The van der Waals surface area contributed by atoms with Gasteiger partial charge in [-0.25, -0.2) is 4.98 Å². The maximum atomic E-state index is 9.11. The Balaban J connectivity index is 1.98. The van der Waals surface area contributed by atoms with Crippen molar-refractivity contribution in [3.63, 3.8) is 0 Å². The van der Waals surface area contributed by atoms with E-state index in [0.29, 0.717) is 0 Å². The maximum Gasteiger partial charge on any atom is 0.128 e. The number of nitriles is 1. The molecule has 0 amide bonds. The summed E-state index contributed by atoms with van der Waals surface area (Å²) in [6.45, 7) is 7.64. The molecule has 0 saturated carbocycles. The number of rotatable bonds is 2. The minimum absolute atomic E-state index is 0.365. The minimum atomic E-state index is -0.365. The topological polar surface area (TPSA) is 43.2 Å². The highest BCUT2D eigenvalue weighted by Crippen LogP contribution is 2.18. The molecule has 1 saturated heterocycles. The lowest BCUT2D eigenvalue weighted by Crippen LogP contribution is -2.54. The second kappa shape index (κ2) is 4.72. The molecule has 0 radical (unpaired) electrons. The molecule has 2 heterocycles. The van der Waals surface area contributed by atoms with Crippen LogP contribution in [0.2, 0.25) is 0 Å². The highest BCUT2D eigenvalue weighted by atomic mass is 15.3. The number of hydrogen-bond donors (Lipinski definition) is 0. The van der Waals surface area contributed by atoms with Crippen LogP contribution in [0.25, 0.3) is 0 Å². The van der Waals surface area contributed by atoms with Gasteiger partial charge in [0.25, 0.3) is 0 Å². The van der Waals surface area contributed by atoms with Crippen molar-refractivity contribution >= 4 is 5.82 Å². The number of anilines is 1. The van der Waals surface area contributed by atoms with Crippen LogP contribution in [0, 0.1) is 11.3 Å². The summed E-state index contributed by atoms with van der Waals surface area (Å²) >= 11 is 0. The molecule has 1 aliphatic heterocycles. The van der Waals surface area contributed by atoms with E-state index in [9.17, 15) is 0 Å². The van der Waals surface area contributed by atoms with Gasteiger partial charge >= 0.3 is 0 Å². The van der Waals surface area contributed by atoms with Gasteiger partial charge in [-0.05, 0) is 26.0 Å². The Morgan fingerprint density at radius 2 is 1.94 bits per heavy atom. The standard InChI is InChI=1S/C13H18N4/c1-13(2,11-14)17-9-7-16(8-10-17)12-5-3-4-6-15-12/h3-6H,7-10H2,1-2H3. The van der Waals surface area contributed by atoms with E-state index in [-0.39, 0.29) is 5.54 Å². The molecule has 0 atom stereocenters. The van der Waals surface area contributed by atoms with Crippen molar-refractivity contribution in [2.45, 2.75) is 19.4 Å². The van der Waals surface area contributed by atoms with E-state index in [0.717, 1.165) is 32.0 Å². The lowest BCUT2D eigenvalue weighted by Gasteiger charge is -2.40. The summed E-state index contributed by atoms with van der Waals surface area (Å²) in [5.41, 5.74) is -0.365. The van der Waals surface area contributed by atoms with E-state index >= 15 is 0 Å². The molecule has 0 unspecified atom stereocenters. The quantitative estimate of drug-likeness (QED) is 0.772. The maximum absolute atomic E-state index is 9.11. The first-order chi connectivity index (χ1) is 8.13. The summed E-state index contributed by atoms with van der Waals surface area (Å²) in [5, 5.41) is 9.11. The zero-order valence-corrected chi connectivity index (χ0v) is 10.4. The molecule has 0 aliphatic carbocycles. The third kappa shape index (κ3) is 2.56. The average molecular weight is 230 g/mol. The van der Waals surface area contributed by atoms with E-state index in [2.05, 4.69) is 20.9 Å². The Hall–Kier alpha value is -1.60. The normalized spacial score (nSPS) is 17.8. The summed E-state index contributed by atoms with van der Waals surface area (Å²) in [6, 6.07) is 8.33. The van der Waals surface area contributed by atoms with Crippen molar-refractivity contribution in [1.82, 2.24) is 9.88 Å². The fraction of sp³-hybridized carbons (Fsp3) is 0.538. The molecule has 0 N–H and O–H groups in total. The van der Waals surface area contributed by atoms with Crippen molar-refractivity contribution in [1.29, 1.82) is 5.26 Å². The first kappa shape index (κ1) is 11.9. The number of piperazine rings is 1. The van der Waals surface area contributed by atoms with Gasteiger partial charge in [0.2, 0.25) is 0 Å². The predicted molar refractivity (Wildman–Crippen MR) is 67.7 cm³/mol. The molecule has 1 fully saturated rings. The zero-order chi connectivity index (χ0) is 12.3.